The second-order valence-corrected chi connectivity index (χ2v) is 7.18. The molecule has 0 saturated carbocycles. The molecule has 15 heavy (non-hydrogen) atoms. The number of hydrogen-bond acceptors (Lipinski definition) is 2. The lowest BCUT2D eigenvalue weighted by molar-refractivity contribution is -0.131. The van der Waals surface area contributed by atoms with Crippen LogP contribution in [0, 0.1) is 0 Å². The van der Waals surface area contributed by atoms with Gasteiger partial charge >= 0.3 is 14.7 Å². The van der Waals surface area contributed by atoms with Crippen LogP contribution in [0.3, 0.4) is 0 Å². The Morgan fingerprint density at radius 1 is 1.07 bits per heavy atom. The summed E-state index contributed by atoms with van der Waals surface area (Å²) in [6, 6.07) is 0.621. The molecule has 0 fully saturated rings. The van der Waals surface area contributed by atoms with Crippen LogP contribution >= 0.6 is 0 Å². The van der Waals surface area contributed by atoms with Crippen LogP contribution in [0.1, 0.15) is 26.2 Å². The molecule has 0 spiro atoms. The van der Waals surface area contributed by atoms with Crippen molar-refractivity contribution < 1.29 is 22.0 Å². The smallest absolute Gasteiger partial charge is 0.389 e. The van der Waals surface area contributed by atoms with E-state index in [0.29, 0.717) is 6.04 Å². The summed E-state index contributed by atoms with van der Waals surface area (Å²) in [7, 11) is 0.298. The van der Waals surface area contributed by atoms with Crippen molar-refractivity contribution in [2.75, 3.05) is 14.2 Å². The highest BCUT2D eigenvalue weighted by Crippen LogP contribution is 2.29. The number of halogens is 3. The van der Waals surface area contributed by atoms with Crippen molar-refractivity contribution in [3.8, 4) is 0 Å². The zero-order valence-corrected chi connectivity index (χ0v) is 10.5. The Morgan fingerprint density at radius 2 is 1.60 bits per heavy atom. The van der Waals surface area contributed by atoms with E-state index in [9.17, 15) is 13.2 Å². The van der Waals surface area contributed by atoms with E-state index in [4.69, 9.17) is 8.85 Å². The maximum Gasteiger partial charge on any atom is 0.389 e. The van der Waals surface area contributed by atoms with Gasteiger partial charge in [-0.15, -0.1) is 0 Å². The van der Waals surface area contributed by atoms with Crippen LogP contribution in [0.5, 0.6) is 0 Å². The van der Waals surface area contributed by atoms with Crippen LogP contribution in [-0.4, -0.2) is 29.0 Å². The first kappa shape index (κ1) is 14.9. The fraction of sp³-hybridized carbons (Fsp3) is 1.00. The minimum atomic E-state index is -4.12. The Kier molecular flexibility index (Phi) is 6.46. The number of rotatable bonds is 7. The topological polar surface area (TPSA) is 18.5 Å². The normalized spacial score (nSPS) is 13.2. The molecule has 0 heterocycles. The number of alkyl halides is 3. The van der Waals surface area contributed by atoms with Gasteiger partial charge in [0.2, 0.25) is 0 Å². The molecular weight excluding hydrogens is 225 g/mol. The van der Waals surface area contributed by atoms with Crippen molar-refractivity contribution in [2.24, 2.45) is 0 Å². The Labute approximate surface area is 90.0 Å². The minimum absolute atomic E-state index is 0.0104. The quantitative estimate of drug-likeness (QED) is 0.638. The molecule has 0 aliphatic rings. The first-order valence-corrected chi connectivity index (χ1v) is 7.29. The van der Waals surface area contributed by atoms with Gasteiger partial charge in [-0.05, 0) is 12.1 Å². The first-order chi connectivity index (χ1) is 6.89. The summed E-state index contributed by atoms with van der Waals surface area (Å²) in [5.74, 6) is 0. The first-order valence-electron chi connectivity index (χ1n) is 5.06. The van der Waals surface area contributed by atoms with Crippen LogP contribution in [0.4, 0.5) is 13.2 Å². The molecule has 0 aromatic rings. The summed E-state index contributed by atoms with van der Waals surface area (Å²) in [4.78, 5) is 0. The molecule has 92 valence electrons. The van der Waals surface area contributed by atoms with Gasteiger partial charge in [0.05, 0.1) is 0 Å². The van der Waals surface area contributed by atoms with E-state index in [-0.39, 0.29) is 6.04 Å². The predicted molar refractivity (Wildman–Crippen MR) is 55.0 cm³/mol. The summed E-state index contributed by atoms with van der Waals surface area (Å²) in [6.45, 7) is 1.99. The Hall–Kier alpha value is -0.0731. The molecular formula is C9H19F3O2Si. The average molecular weight is 244 g/mol. The SMILES string of the molecule is CCCC[Si](CCC(F)(F)F)(OC)OC. The molecule has 0 rings (SSSR count). The van der Waals surface area contributed by atoms with E-state index in [1.807, 2.05) is 6.92 Å². The van der Waals surface area contributed by atoms with Crippen molar-refractivity contribution in [3.05, 3.63) is 0 Å². The number of unbranched alkanes of at least 4 members (excludes halogenated alkanes) is 1. The van der Waals surface area contributed by atoms with Gasteiger partial charge in [0.15, 0.2) is 0 Å². The zero-order chi connectivity index (χ0) is 11.9. The predicted octanol–water partition coefficient (Wildman–Crippen LogP) is 3.47. The molecule has 0 aromatic heterocycles. The fourth-order valence-corrected chi connectivity index (χ4v) is 4.18. The third kappa shape index (κ3) is 6.16. The molecule has 0 saturated heterocycles. The Morgan fingerprint density at radius 3 is 1.93 bits per heavy atom. The molecule has 2 nitrogen and oxygen atoms in total. The van der Waals surface area contributed by atoms with Gasteiger partial charge in [-0.3, -0.25) is 0 Å². The summed E-state index contributed by atoms with van der Waals surface area (Å²) < 4.78 is 46.7. The second-order valence-electron chi connectivity index (χ2n) is 3.54. The molecule has 0 N–H and O–H groups in total. The van der Waals surface area contributed by atoms with E-state index < -0.39 is 21.2 Å². The van der Waals surface area contributed by atoms with E-state index in [1.54, 1.807) is 0 Å². The van der Waals surface area contributed by atoms with Gasteiger partial charge in [-0.25, -0.2) is 0 Å². The third-order valence-electron chi connectivity index (χ3n) is 2.44. The summed E-state index contributed by atoms with van der Waals surface area (Å²) in [6.07, 6.45) is -3.15. The van der Waals surface area contributed by atoms with Crippen molar-refractivity contribution >= 4 is 8.56 Å². The lowest BCUT2D eigenvalue weighted by atomic mass is 10.4. The van der Waals surface area contributed by atoms with Crippen LogP contribution < -0.4 is 0 Å². The van der Waals surface area contributed by atoms with Crippen LogP contribution in [-0.2, 0) is 8.85 Å². The lowest BCUT2D eigenvalue weighted by Gasteiger charge is -2.27. The average Bonchev–Trinajstić information content (AvgIpc) is 2.18. The van der Waals surface area contributed by atoms with Gasteiger partial charge < -0.3 is 8.85 Å². The van der Waals surface area contributed by atoms with Crippen molar-refractivity contribution in [1.29, 1.82) is 0 Å². The molecule has 0 bridgehead atoms. The van der Waals surface area contributed by atoms with Crippen molar-refractivity contribution in [2.45, 2.75) is 44.5 Å². The maximum absolute atomic E-state index is 12.1. The van der Waals surface area contributed by atoms with E-state index >= 15 is 0 Å². The zero-order valence-electron chi connectivity index (χ0n) is 9.49. The standard InChI is InChI=1S/C9H19F3O2Si/c1-4-5-7-15(13-2,14-3)8-6-9(10,11)12/h4-8H2,1-3H3. The molecule has 0 amide bonds. The van der Waals surface area contributed by atoms with Gasteiger partial charge in [0.25, 0.3) is 0 Å². The van der Waals surface area contributed by atoms with Gasteiger partial charge in [0.1, 0.15) is 0 Å². The summed E-state index contributed by atoms with van der Waals surface area (Å²) in [5, 5.41) is 0. The monoisotopic (exact) mass is 244 g/mol. The lowest BCUT2D eigenvalue weighted by Crippen LogP contribution is -2.40. The summed E-state index contributed by atoms with van der Waals surface area (Å²) >= 11 is 0. The highest BCUT2D eigenvalue weighted by atomic mass is 28.4. The maximum atomic E-state index is 12.1. The van der Waals surface area contributed by atoms with E-state index in [2.05, 4.69) is 0 Å². The molecule has 0 aliphatic heterocycles. The van der Waals surface area contributed by atoms with E-state index in [1.165, 1.54) is 14.2 Å². The fourth-order valence-electron chi connectivity index (χ4n) is 1.39. The third-order valence-corrected chi connectivity index (χ3v) is 6.06. The number of hydrogen-bond donors (Lipinski definition) is 0. The molecule has 6 heteroatoms. The second kappa shape index (κ2) is 6.50. The van der Waals surface area contributed by atoms with Crippen LogP contribution in [0.25, 0.3) is 0 Å². The van der Waals surface area contributed by atoms with Gasteiger partial charge in [-0.1, -0.05) is 19.8 Å². The van der Waals surface area contributed by atoms with Gasteiger partial charge in [-0.2, -0.15) is 13.2 Å². The minimum Gasteiger partial charge on any atom is -0.398 e. The van der Waals surface area contributed by atoms with E-state index in [0.717, 1.165) is 12.8 Å². The molecule has 0 radical (unpaired) electrons. The summed E-state index contributed by atoms with van der Waals surface area (Å²) in [5.41, 5.74) is 0. The Balaban J connectivity index is 4.23. The van der Waals surface area contributed by atoms with Crippen molar-refractivity contribution in [1.82, 2.24) is 0 Å². The largest absolute Gasteiger partial charge is 0.398 e. The molecule has 0 unspecified atom stereocenters. The highest BCUT2D eigenvalue weighted by Gasteiger charge is 2.39. The highest BCUT2D eigenvalue weighted by molar-refractivity contribution is 6.67. The van der Waals surface area contributed by atoms with Crippen LogP contribution in [0.15, 0.2) is 0 Å². The molecule has 0 atom stereocenters. The Bertz CT molecular complexity index is 169. The molecule has 0 aromatic carbocycles. The van der Waals surface area contributed by atoms with Gasteiger partial charge in [0, 0.05) is 20.6 Å². The molecule has 0 aliphatic carbocycles. The van der Waals surface area contributed by atoms with Crippen LogP contribution in [0.2, 0.25) is 12.1 Å². The van der Waals surface area contributed by atoms with Crippen molar-refractivity contribution in [3.63, 3.8) is 0 Å².